The first-order chi connectivity index (χ1) is 9.81. The van der Waals surface area contributed by atoms with Gasteiger partial charge in [0.1, 0.15) is 24.7 Å². The Morgan fingerprint density at radius 3 is 2.50 bits per heavy atom. The van der Waals surface area contributed by atoms with Gasteiger partial charge >= 0.3 is 0 Å². The van der Waals surface area contributed by atoms with Gasteiger partial charge in [-0.05, 0) is 37.3 Å². The number of aliphatic hydroxyl groups excluding tert-OH is 1. The molecule has 20 heavy (non-hydrogen) atoms. The minimum absolute atomic E-state index is 0.117. The highest BCUT2D eigenvalue weighted by Crippen LogP contribution is 2.20. The van der Waals surface area contributed by atoms with Gasteiger partial charge in [0.15, 0.2) is 0 Å². The second-order valence-electron chi connectivity index (χ2n) is 3.95. The molecule has 1 N–H and O–H groups in total. The fourth-order valence-corrected chi connectivity index (χ4v) is 2.34. The van der Waals surface area contributed by atoms with Crippen LogP contribution in [0.3, 0.4) is 0 Å². The molecule has 0 atom stereocenters. The van der Waals surface area contributed by atoms with Crippen molar-refractivity contribution in [2.45, 2.75) is 13.5 Å². The van der Waals surface area contributed by atoms with Crippen molar-refractivity contribution in [3.63, 3.8) is 0 Å². The van der Waals surface area contributed by atoms with Crippen LogP contribution < -0.4 is 9.47 Å². The van der Waals surface area contributed by atoms with Crippen molar-refractivity contribution in [2.24, 2.45) is 0 Å². The van der Waals surface area contributed by atoms with Gasteiger partial charge in [-0.2, -0.15) is 0 Å². The topological polar surface area (TPSA) is 38.7 Å². The first-order valence-electron chi connectivity index (χ1n) is 6.34. The fraction of sp³-hybridized carbons (Fsp3) is 0.250. The molecule has 104 valence electrons. The van der Waals surface area contributed by atoms with Gasteiger partial charge in [0, 0.05) is 15.8 Å². The molecule has 0 saturated heterocycles. The fourth-order valence-electron chi connectivity index (χ4n) is 1.62. The van der Waals surface area contributed by atoms with Crippen molar-refractivity contribution in [2.75, 3.05) is 13.2 Å². The first kappa shape index (κ1) is 14.4. The third-order valence-electron chi connectivity index (χ3n) is 2.48. The number of thiophene rings is 1. The molecular weight excluding hydrogens is 272 g/mol. The van der Waals surface area contributed by atoms with E-state index < -0.39 is 0 Å². The lowest BCUT2D eigenvalue weighted by Crippen LogP contribution is -1.94. The molecule has 0 saturated carbocycles. The van der Waals surface area contributed by atoms with Gasteiger partial charge in [-0.3, -0.25) is 0 Å². The molecule has 4 heteroatoms. The van der Waals surface area contributed by atoms with Crippen molar-refractivity contribution >= 4 is 11.3 Å². The zero-order valence-corrected chi connectivity index (χ0v) is 12.1. The normalized spacial score (nSPS) is 9.70. The average molecular weight is 288 g/mol. The van der Waals surface area contributed by atoms with Gasteiger partial charge in [0.25, 0.3) is 0 Å². The van der Waals surface area contributed by atoms with Crippen molar-refractivity contribution in [3.8, 4) is 23.3 Å². The predicted octanol–water partition coefficient (Wildman–Crippen LogP) is 3.07. The summed E-state index contributed by atoms with van der Waals surface area (Å²) in [5.41, 5.74) is 0.911. The van der Waals surface area contributed by atoms with E-state index in [-0.39, 0.29) is 6.61 Å². The van der Waals surface area contributed by atoms with E-state index >= 15 is 0 Å². The number of rotatable bonds is 5. The lowest BCUT2D eigenvalue weighted by atomic mass is 10.3. The molecule has 0 bridgehead atoms. The van der Waals surface area contributed by atoms with E-state index in [0.29, 0.717) is 13.2 Å². The number of aliphatic hydroxyl groups is 1. The van der Waals surface area contributed by atoms with E-state index in [1.54, 1.807) is 11.3 Å². The zero-order chi connectivity index (χ0) is 14.2. The van der Waals surface area contributed by atoms with Crippen LogP contribution in [0.2, 0.25) is 0 Å². The van der Waals surface area contributed by atoms with Crippen LogP contribution in [0.15, 0.2) is 35.7 Å². The van der Waals surface area contributed by atoms with Gasteiger partial charge in [0.05, 0.1) is 6.61 Å². The largest absolute Gasteiger partial charge is 0.494 e. The van der Waals surface area contributed by atoms with Crippen LogP contribution in [0.25, 0.3) is 0 Å². The monoisotopic (exact) mass is 288 g/mol. The number of hydrogen-bond donors (Lipinski definition) is 1. The van der Waals surface area contributed by atoms with E-state index in [1.807, 2.05) is 42.6 Å². The van der Waals surface area contributed by atoms with Crippen LogP contribution >= 0.6 is 11.3 Å². The highest BCUT2D eigenvalue weighted by molar-refractivity contribution is 7.10. The lowest BCUT2D eigenvalue weighted by molar-refractivity contribution is 0.307. The van der Waals surface area contributed by atoms with Crippen LogP contribution in [0.1, 0.15) is 17.4 Å². The minimum atomic E-state index is -0.117. The van der Waals surface area contributed by atoms with Gasteiger partial charge < -0.3 is 14.6 Å². The standard InChI is InChI=1S/C16H16O3S/c1-2-18-14-5-7-15(8-6-14)19-11-16-10-13(12-20-16)4-3-9-17/h5-8,10,12,17H,2,9,11H2,1H3. The maximum Gasteiger partial charge on any atom is 0.122 e. The summed E-state index contributed by atoms with van der Waals surface area (Å²) in [6.45, 7) is 3.01. The molecule has 0 amide bonds. The lowest BCUT2D eigenvalue weighted by Gasteiger charge is -2.06. The van der Waals surface area contributed by atoms with Crippen molar-refractivity contribution in [1.29, 1.82) is 0 Å². The summed E-state index contributed by atoms with van der Waals surface area (Å²) in [5, 5.41) is 10.6. The quantitative estimate of drug-likeness (QED) is 0.859. The summed E-state index contributed by atoms with van der Waals surface area (Å²) in [7, 11) is 0. The molecule has 0 aliphatic heterocycles. The SMILES string of the molecule is CCOc1ccc(OCc2cc(C#CCO)cs2)cc1. The average Bonchev–Trinajstić information content (AvgIpc) is 2.93. The molecule has 1 aromatic heterocycles. The molecule has 1 aromatic carbocycles. The van der Waals surface area contributed by atoms with Gasteiger partial charge in [-0.25, -0.2) is 0 Å². The highest BCUT2D eigenvalue weighted by atomic mass is 32.1. The Kier molecular flexibility index (Phi) is 5.48. The molecule has 0 aliphatic rings. The summed E-state index contributed by atoms with van der Waals surface area (Å²) in [4.78, 5) is 1.10. The molecule has 0 fully saturated rings. The summed E-state index contributed by atoms with van der Waals surface area (Å²) < 4.78 is 11.1. The Balaban J connectivity index is 1.89. The minimum Gasteiger partial charge on any atom is -0.494 e. The Bertz CT molecular complexity index is 590. The maximum absolute atomic E-state index is 8.64. The van der Waals surface area contributed by atoms with Gasteiger partial charge in [-0.1, -0.05) is 11.8 Å². The molecule has 3 nitrogen and oxygen atoms in total. The Labute approximate surface area is 122 Å². The molecule has 0 aliphatic carbocycles. The van der Waals surface area contributed by atoms with Crippen LogP contribution in [0.5, 0.6) is 11.5 Å². The van der Waals surface area contributed by atoms with E-state index in [9.17, 15) is 0 Å². The number of ether oxygens (including phenoxy) is 2. The smallest absolute Gasteiger partial charge is 0.122 e. The summed E-state index contributed by atoms with van der Waals surface area (Å²) in [6.07, 6.45) is 0. The molecular formula is C16H16O3S. The Morgan fingerprint density at radius 1 is 1.15 bits per heavy atom. The van der Waals surface area contributed by atoms with E-state index in [2.05, 4.69) is 11.8 Å². The molecule has 2 aromatic rings. The molecule has 0 radical (unpaired) electrons. The van der Waals surface area contributed by atoms with E-state index in [0.717, 1.165) is 21.9 Å². The first-order valence-corrected chi connectivity index (χ1v) is 7.22. The molecule has 2 rings (SSSR count). The molecule has 0 spiro atoms. The van der Waals surface area contributed by atoms with Crippen molar-refractivity contribution in [1.82, 2.24) is 0 Å². The van der Waals surface area contributed by atoms with Crippen LogP contribution in [0, 0.1) is 11.8 Å². The predicted molar refractivity (Wildman–Crippen MR) is 80.2 cm³/mol. The van der Waals surface area contributed by atoms with Crippen LogP contribution in [-0.2, 0) is 6.61 Å². The second kappa shape index (κ2) is 7.59. The van der Waals surface area contributed by atoms with Crippen LogP contribution in [0.4, 0.5) is 0 Å². The molecule has 0 unspecified atom stereocenters. The Morgan fingerprint density at radius 2 is 1.85 bits per heavy atom. The maximum atomic E-state index is 8.64. The van der Waals surface area contributed by atoms with Crippen molar-refractivity contribution in [3.05, 3.63) is 46.2 Å². The Hall–Kier alpha value is -1.96. The summed E-state index contributed by atoms with van der Waals surface area (Å²) >= 11 is 1.60. The number of benzene rings is 1. The second-order valence-corrected chi connectivity index (χ2v) is 4.95. The third kappa shape index (κ3) is 4.30. The highest BCUT2D eigenvalue weighted by Gasteiger charge is 2.00. The number of hydrogen-bond acceptors (Lipinski definition) is 4. The summed E-state index contributed by atoms with van der Waals surface area (Å²) in [6, 6.07) is 9.55. The zero-order valence-electron chi connectivity index (χ0n) is 11.3. The van der Waals surface area contributed by atoms with Crippen LogP contribution in [-0.4, -0.2) is 18.3 Å². The third-order valence-corrected chi connectivity index (χ3v) is 3.39. The van der Waals surface area contributed by atoms with Gasteiger partial charge in [-0.15, -0.1) is 11.3 Å². The van der Waals surface area contributed by atoms with Crippen molar-refractivity contribution < 1.29 is 14.6 Å². The summed E-state index contributed by atoms with van der Waals surface area (Å²) in [5.74, 6) is 7.16. The van der Waals surface area contributed by atoms with E-state index in [1.165, 1.54) is 0 Å². The molecule has 1 heterocycles. The van der Waals surface area contributed by atoms with E-state index in [4.69, 9.17) is 14.6 Å². The van der Waals surface area contributed by atoms with Gasteiger partial charge in [0.2, 0.25) is 0 Å².